The van der Waals surface area contributed by atoms with Crippen molar-refractivity contribution in [1.29, 1.82) is 0 Å². The molecule has 5 N–H and O–H groups in total. The molecule has 0 bridgehead atoms. The van der Waals surface area contributed by atoms with Gasteiger partial charge in [-0.3, -0.25) is 9.59 Å². The highest BCUT2D eigenvalue weighted by Gasteiger charge is 2.20. The van der Waals surface area contributed by atoms with E-state index in [4.69, 9.17) is 19.1 Å². The van der Waals surface area contributed by atoms with Gasteiger partial charge in [0.2, 0.25) is 17.8 Å². The molecule has 6 rings (SSSR count). The predicted molar refractivity (Wildman–Crippen MR) is 184 cm³/mol. The number of carbonyl (C=O) groups excluding carboxylic acids is 2. The minimum absolute atomic E-state index is 0.0457. The summed E-state index contributed by atoms with van der Waals surface area (Å²) in [5, 5.41) is 19.3. The average molecular weight is 647 g/mol. The van der Waals surface area contributed by atoms with Crippen molar-refractivity contribution in [3.05, 3.63) is 97.5 Å². The quantitative estimate of drug-likeness (QED) is 0.110. The van der Waals surface area contributed by atoms with Crippen LogP contribution in [0.15, 0.2) is 96.0 Å². The second-order valence-corrected chi connectivity index (χ2v) is 10.9. The molecule has 13 heteroatoms. The third kappa shape index (κ3) is 6.95. The molecular formula is C35H34N8O5. The van der Waals surface area contributed by atoms with Crippen molar-refractivity contribution in [2.24, 2.45) is 0 Å². The first-order valence-corrected chi connectivity index (χ1v) is 15.2. The SMILES string of the molecule is C=CC(=O)Nc1cc(Nc2nccc(-c3[nH]c(CCCO)nc3-c3ccc4ccoc4c3)n2)c(OC)cc1N1C=CC(NC(C)=O)=CC1. The second kappa shape index (κ2) is 14.1. The number of aryl methyl sites for hydroxylation is 1. The second-order valence-electron chi connectivity index (χ2n) is 10.9. The van der Waals surface area contributed by atoms with Crippen molar-refractivity contribution in [3.8, 4) is 28.4 Å². The molecule has 244 valence electrons. The Hall–Kier alpha value is -6.21. The van der Waals surface area contributed by atoms with Crippen LogP contribution in [-0.4, -0.2) is 57.1 Å². The normalized spacial score (nSPS) is 12.5. The Balaban J connectivity index is 1.34. The number of aromatic amines is 1. The first-order chi connectivity index (χ1) is 23.3. The summed E-state index contributed by atoms with van der Waals surface area (Å²) in [6, 6.07) is 13.1. The lowest BCUT2D eigenvalue weighted by atomic mass is 10.1. The first kappa shape index (κ1) is 31.8. The van der Waals surface area contributed by atoms with E-state index < -0.39 is 5.91 Å². The maximum absolute atomic E-state index is 12.5. The zero-order valence-corrected chi connectivity index (χ0v) is 26.4. The monoisotopic (exact) mass is 646 g/mol. The number of aliphatic hydroxyl groups excluding tert-OH is 1. The van der Waals surface area contributed by atoms with Crippen LogP contribution in [-0.2, 0) is 16.0 Å². The van der Waals surface area contributed by atoms with Crippen LogP contribution >= 0.6 is 0 Å². The summed E-state index contributed by atoms with van der Waals surface area (Å²) in [5.74, 6) is 0.910. The van der Waals surface area contributed by atoms with Gasteiger partial charge in [-0.05, 0) is 48.9 Å². The van der Waals surface area contributed by atoms with Crippen molar-refractivity contribution < 1.29 is 23.8 Å². The smallest absolute Gasteiger partial charge is 0.247 e. The number of carbonyl (C=O) groups is 2. The molecule has 48 heavy (non-hydrogen) atoms. The molecule has 0 radical (unpaired) electrons. The summed E-state index contributed by atoms with van der Waals surface area (Å²) in [4.78, 5) is 43.4. The molecule has 2 amide bonds. The number of ether oxygens (including phenoxy) is 1. The molecule has 0 aliphatic carbocycles. The summed E-state index contributed by atoms with van der Waals surface area (Å²) in [5.41, 5.74) is 5.86. The van der Waals surface area contributed by atoms with Gasteiger partial charge < -0.3 is 40.1 Å². The molecule has 0 saturated heterocycles. The van der Waals surface area contributed by atoms with E-state index in [1.165, 1.54) is 13.0 Å². The molecule has 5 aromatic rings. The largest absolute Gasteiger partial charge is 0.494 e. The third-order valence-corrected chi connectivity index (χ3v) is 7.55. The van der Waals surface area contributed by atoms with E-state index >= 15 is 0 Å². The third-order valence-electron chi connectivity index (χ3n) is 7.55. The van der Waals surface area contributed by atoms with Gasteiger partial charge in [0.25, 0.3) is 0 Å². The van der Waals surface area contributed by atoms with Crippen molar-refractivity contribution >= 4 is 45.8 Å². The minimum Gasteiger partial charge on any atom is -0.494 e. The molecule has 4 heterocycles. The summed E-state index contributed by atoms with van der Waals surface area (Å²) in [6.45, 7) is 5.51. The molecule has 0 atom stereocenters. The highest BCUT2D eigenvalue weighted by Crippen LogP contribution is 2.39. The Labute approximate surface area is 276 Å². The summed E-state index contributed by atoms with van der Waals surface area (Å²) in [6.07, 6.45) is 11.0. The predicted octanol–water partition coefficient (Wildman–Crippen LogP) is 5.44. The number of methoxy groups -OCH3 is 1. The lowest BCUT2D eigenvalue weighted by Gasteiger charge is -2.26. The van der Waals surface area contributed by atoms with Gasteiger partial charge in [-0.1, -0.05) is 18.7 Å². The fourth-order valence-corrected chi connectivity index (χ4v) is 5.29. The Bertz CT molecular complexity index is 2060. The fraction of sp³-hybridized carbons (Fsp3) is 0.171. The van der Waals surface area contributed by atoms with Crippen LogP contribution in [0.1, 0.15) is 19.2 Å². The van der Waals surface area contributed by atoms with E-state index in [9.17, 15) is 14.7 Å². The average Bonchev–Trinajstić information content (AvgIpc) is 3.75. The molecule has 0 fully saturated rings. The number of H-pyrrole nitrogens is 1. The molecule has 0 spiro atoms. The summed E-state index contributed by atoms with van der Waals surface area (Å²) in [7, 11) is 1.55. The number of benzene rings is 2. The highest BCUT2D eigenvalue weighted by atomic mass is 16.5. The molecule has 1 aliphatic heterocycles. The van der Waals surface area contributed by atoms with Gasteiger partial charge >= 0.3 is 0 Å². The topological polar surface area (TPSA) is 171 Å². The lowest BCUT2D eigenvalue weighted by Crippen LogP contribution is -2.26. The summed E-state index contributed by atoms with van der Waals surface area (Å²) >= 11 is 0. The molecular weight excluding hydrogens is 612 g/mol. The van der Waals surface area contributed by atoms with Crippen molar-refractivity contribution in [3.63, 3.8) is 0 Å². The van der Waals surface area contributed by atoms with Gasteiger partial charge in [0.1, 0.15) is 17.2 Å². The number of aliphatic hydroxyl groups is 1. The van der Waals surface area contributed by atoms with Gasteiger partial charge in [-0.25, -0.2) is 15.0 Å². The molecule has 1 aliphatic rings. The maximum atomic E-state index is 12.5. The van der Waals surface area contributed by atoms with Crippen LogP contribution in [0.4, 0.5) is 23.0 Å². The molecule has 2 aromatic carbocycles. The number of fused-ring (bicyclic) bond motifs is 1. The van der Waals surface area contributed by atoms with Crippen molar-refractivity contribution in [2.75, 3.05) is 35.8 Å². The summed E-state index contributed by atoms with van der Waals surface area (Å²) < 4.78 is 11.4. The number of aromatic nitrogens is 4. The van der Waals surface area contributed by atoms with E-state index in [-0.39, 0.29) is 18.5 Å². The zero-order valence-electron chi connectivity index (χ0n) is 26.4. The minimum atomic E-state index is -0.391. The van der Waals surface area contributed by atoms with E-state index in [1.54, 1.807) is 43.8 Å². The van der Waals surface area contributed by atoms with Crippen molar-refractivity contribution in [1.82, 2.24) is 25.3 Å². The van der Waals surface area contributed by atoms with E-state index in [0.29, 0.717) is 70.8 Å². The molecule has 0 unspecified atom stereocenters. The number of rotatable bonds is 12. The number of nitrogens with one attached hydrogen (secondary N) is 4. The van der Waals surface area contributed by atoms with Crippen LogP contribution in [0.3, 0.4) is 0 Å². The van der Waals surface area contributed by atoms with Gasteiger partial charge in [0.05, 0.1) is 47.5 Å². The van der Waals surface area contributed by atoms with Crippen LogP contribution in [0.5, 0.6) is 5.75 Å². The fourth-order valence-electron chi connectivity index (χ4n) is 5.29. The molecule has 13 nitrogen and oxygen atoms in total. The Kier molecular flexibility index (Phi) is 9.30. The van der Waals surface area contributed by atoms with Gasteiger partial charge in [0, 0.05) is 61.6 Å². The van der Waals surface area contributed by atoms with Crippen LogP contribution in [0.2, 0.25) is 0 Å². The maximum Gasteiger partial charge on any atom is 0.247 e. The van der Waals surface area contributed by atoms with Crippen LogP contribution in [0.25, 0.3) is 33.6 Å². The number of imidazole rings is 1. The lowest BCUT2D eigenvalue weighted by molar-refractivity contribution is -0.118. The van der Waals surface area contributed by atoms with E-state index in [2.05, 4.69) is 32.5 Å². The van der Waals surface area contributed by atoms with Crippen molar-refractivity contribution in [2.45, 2.75) is 19.8 Å². The van der Waals surface area contributed by atoms with E-state index in [1.807, 2.05) is 41.4 Å². The highest BCUT2D eigenvalue weighted by molar-refractivity contribution is 6.02. The first-order valence-electron chi connectivity index (χ1n) is 15.2. The zero-order chi connectivity index (χ0) is 33.6. The Morgan fingerprint density at radius 2 is 2.02 bits per heavy atom. The number of amides is 2. The Morgan fingerprint density at radius 3 is 2.77 bits per heavy atom. The number of hydrogen-bond acceptors (Lipinski definition) is 10. The number of nitrogens with zero attached hydrogens (tertiary/aromatic N) is 4. The van der Waals surface area contributed by atoms with E-state index in [0.717, 1.165) is 16.5 Å². The standard InChI is InChI=1S/C35H34N8O5/c1-4-32(46)38-26-19-27(30(47-3)20-28(26)43-14-10-24(11-15-43)37-21(2)45)40-35-36-13-9-25(39-35)34-33(41-31(42-34)6-5-16-44)23-8-7-22-12-17-48-29(22)18-23/h4,7-14,17-20,44H,1,5-6,15-16H2,2-3H3,(H,37,45)(H,38,46)(H,41,42)(H,36,39,40). The Morgan fingerprint density at radius 1 is 1.15 bits per heavy atom. The number of hydrogen-bond donors (Lipinski definition) is 5. The number of allylic oxidation sites excluding steroid dienone is 1. The molecule has 0 saturated carbocycles. The van der Waals surface area contributed by atoms with Gasteiger partial charge in [-0.2, -0.15) is 0 Å². The van der Waals surface area contributed by atoms with Gasteiger partial charge in [0.15, 0.2) is 0 Å². The van der Waals surface area contributed by atoms with Crippen LogP contribution in [0, 0.1) is 0 Å². The number of furan rings is 1. The van der Waals surface area contributed by atoms with Gasteiger partial charge in [-0.15, -0.1) is 0 Å². The molecule has 3 aromatic heterocycles. The number of anilines is 4. The van der Waals surface area contributed by atoms with Crippen LogP contribution < -0.4 is 25.6 Å².